The molecule has 6 heteroatoms. The van der Waals surface area contributed by atoms with Crippen molar-refractivity contribution in [3.8, 4) is 10.8 Å². The fraction of sp³-hybridized carbons (Fsp3) is 0.235. The lowest BCUT2D eigenvalue weighted by Gasteiger charge is -2.03. The molecule has 3 rings (SSSR count). The Morgan fingerprint density at radius 2 is 1.91 bits per heavy atom. The molecule has 0 aliphatic heterocycles. The number of rotatable bonds is 7. The first-order valence-corrected chi connectivity index (χ1v) is 10.1. The second-order valence-electron chi connectivity index (χ2n) is 5.30. The van der Waals surface area contributed by atoms with Gasteiger partial charge >= 0.3 is 0 Å². The van der Waals surface area contributed by atoms with Crippen LogP contribution >= 0.6 is 11.3 Å². The van der Waals surface area contributed by atoms with Gasteiger partial charge < -0.3 is 4.42 Å². The SMILES string of the molecule is O=S(=O)(CCCc1ccccc1)Cc1csc(-c2ccco2)n1. The minimum absolute atomic E-state index is 0.0149. The molecule has 0 amide bonds. The summed E-state index contributed by atoms with van der Waals surface area (Å²) in [7, 11) is -3.15. The molecule has 0 aliphatic carbocycles. The molecular formula is C17H17NO3S2. The second-order valence-corrected chi connectivity index (χ2v) is 8.34. The Labute approximate surface area is 139 Å². The molecule has 1 aromatic carbocycles. The average molecular weight is 347 g/mol. The van der Waals surface area contributed by atoms with Crippen molar-refractivity contribution in [3.63, 3.8) is 0 Å². The molecule has 0 unspecified atom stereocenters. The first-order valence-electron chi connectivity index (χ1n) is 7.35. The highest BCUT2D eigenvalue weighted by molar-refractivity contribution is 7.90. The maximum Gasteiger partial charge on any atom is 0.162 e. The van der Waals surface area contributed by atoms with Gasteiger partial charge in [-0.15, -0.1) is 11.3 Å². The van der Waals surface area contributed by atoms with Crippen LogP contribution in [0.3, 0.4) is 0 Å². The number of thiazole rings is 1. The fourth-order valence-electron chi connectivity index (χ4n) is 2.33. The molecular weight excluding hydrogens is 330 g/mol. The van der Waals surface area contributed by atoms with Crippen LogP contribution < -0.4 is 0 Å². The molecule has 0 atom stereocenters. The van der Waals surface area contributed by atoms with E-state index in [1.165, 1.54) is 11.3 Å². The highest BCUT2D eigenvalue weighted by Gasteiger charge is 2.15. The summed E-state index contributed by atoms with van der Waals surface area (Å²) in [6.45, 7) is 0. The van der Waals surface area contributed by atoms with Crippen molar-refractivity contribution < 1.29 is 12.8 Å². The molecule has 0 aliphatic rings. The van der Waals surface area contributed by atoms with Crippen LogP contribution in [-0.4, -0.2) is 19.2 Å². The summed E-state index contributed by atoms with van der Waals surface area (Å²) < 4.78 is 29.7. The van der Waals surface area contributed by atoms with Crippen molar-refractivity contribution in [1.82, 2.24) is 4.98 Å². The predicted molar refractivity (Wildman–Crippen MR) is 92.1 cm³/mol. The van der Waals surface area contributed by atoms with Crippen molar-refractivity contribution in [2.75, 3.05) is 5.75 Å². The van der Waals surface area contributed by atoms with Crippen LogP contribution in [0.5, 0.6) is 0 Å². The molecule has 0 radical (unpaired) electrons. The van der Waals surface area contributed by atoms with Crippen LogP contribution in [0.2, 0.25) is 0 Å². The number of benzene rings is 1. The van der Waals surface area contributed by atoms with Crippen LogP contribution in [0, 0.1) is 0 Å². The maximum atomic E-state index is 12.2. The predicted octanol–water partition coefficient (Wildman–Crippen LogP) is 3.95. The summed E-state index contributed by atoms with van der Waals surface area (Å²) in [5, 5.41) is 2.50. The number of aryl methyl sites for hydroxylation is 1. The second kappa shape index (κ2) is 7.10. The largest absolute Gasteiger partial charge is 0.462 e. The standard InChI is InChI=1S/C17H17NO3S2/c19-23(20,11-5-8-14-6-2-1-3-7-14)13-15-12-22-17(18-15)16-9-4-10-21-16/h1-4,6-7,9-10,12H,5,8,11,13H2. The Balaban J connectivity index is 1.56. The van der Waals surface area contributed by atoms with Gasteiger partial charge in [-0.05, 0) is 30.5 Å². The van der Waals surface area contributed by atoms with Crippen molar-refractivity contribution in [2.24, 2.45) is 0 Å². The van der Waals surface area contributed by atoms with E-state index in [1.807, 2.05) is 36.4 Å². The van der Waals surface area contributed by atoms with Crippen LogP contribution in [0.4, 0.5) is 0 Å². The lowest BCUT2D eigenvalue weighted by Crippen LogP contribution is -2.10. The minimum atomic E-state index is -3.15. The van der Waals surface area contributed by atoms with Crippen molar-refractivity contribution in [1.29, 1.82) is 0 Å². The van der Waals surface area contributed by atoms with Gasteiger partial charge in [-0.3, -0.25) is 0 Å². The molecule has 3 aromatic rings. The van der Waals surface area contributed by atoms with Gasteiger partial charge in [0, 0.05) is 5.38 Å². The zero-order valence-corrected chi connectivity index (χ0v) is 14.1. The van der Waals surface area contributed by atoms with Gasteiger partial charge in [-0.2, -0.15) is 0 Å². The van der Waals surface area contributed by atoms with Crippen LogP contribution in [0.1, 0.15) is 17.7 Å². The number of nitrogens with zero attached hydrogens (tertiary/aromatic N) is 1. The Morgan fingerprint density at radius 1 is 1.09 bits per heavy atom. The van der Waals surface area contributed by atoms with Crippen molar-refractivity contribution in [2.45, 2.75) is 18.6 Å². The summed E-state index contributed by atoms with van der Waals surface area (Å²) in [5.74, 6) is 0.830. The maximum absolute atomic E-state index is 12.2. The average Bonchev–Trinajstić information content (AvgIpc) is 3.18. The molecule has 0 saturated heterocycles. The molecule has 0 spiro atoms. The Morgan fingerprint density at radius 3 is 2.65 bits per heavy atom. The normalized spacial score (nSPS) is 11.7. The van der Waals surface area contributed by atoms with Gasteiger partial charge in [0.2, 0.25) is 0 Å². The highest BCUT2D eigenvalue weighted by atomic mass is 32.2. The van der Waals surface area contributed by atoms with Gasteiger partial charge in [0.1, 0.15) is 0 Å². The Kier molecular flexibility index (Phi) is 4.93. The molecule has 120 valence electrons. The highest BCUT2D eigenvalue weighted by Crippen LogP contribution is 2.24. The van der Waals surface area contributed by atoms with Gasteiger partial charge in [0.25, 0.3) is 0 Å². The Hall–Kier alpha value is -1.92. The van der Waals surface area contributed by atoms with E-state index in [0.717, 1.165) is 12.0 Å². The quantitative estimate of drug-likeness (QED) is 0.649. The molecule has 2 heterocycles. The van der Waals surface area contributed by atoms with E-state index in [1.54, 1.807) is 17.7 Å². The number of furan rings is 1. The molecule has 2 aromatic heterocycles. The van der Waals surface area contributed by atoms with Gasteiger partial charge in [-0.1, -0.05) is 30.3 Å². The summed E-state index contributed by atoms with van der Waals surface area (Å²) >= 11 is 1.40. The minimum Gasteiger partial charge on any atom is -0.462 e. The smallest absolute Gasteiger partial charge is 0.162 e. The number of aromatic nitrogens is 1. The molecule has 23 heavy (non-hydrogen) atoms. The third-order valence-electron chi connectivity index (χ3n) is 3.42. The van der Waals surface area contributed by atoms with Gasteiger partial charge in [-0.25, -0.2) is 13.4 Å². The molecule has 0 bridgehead atoms. The van der Waals surface area contributed by atoms with E-state index in [-0.39, 0.29) is 11.5 Å². The number of hydrogen-bond donors (Lipinski definition) is 0. The van der Waals surface area contributed by atoms with Crippen molar-refractivity contribution in [3.05, 3.63) is 65.4 Å². The van der Waals surface area contributed by atoms with E-state index >= 15 is 0 Å². The first-order chi connectivity index (χ1) is 11.1. The van der Waals surface area contributed by atoms with Crippen LogP contribution in [-0.2, 0) is 22.0 Å². The third-order valence-corrected chi connectivity index (χ3v) is 5.97. The lowest BCUT2D eigenvalue weighted by molar-refractivity contribution is 0.581. The van der Waals surface area contributed by atoms with Crippen LogP contribution in [0.25, 0.3) is 10.8 Å². The molecule has 4 nitrogen and oxygen atoms in total. The third kappa shape index (κ3) is 4.53. The molecule has 0 N–H and O–H groups in total. The zero-order valence-electron chi connectivity index (χ0n) is 12.5. The summed E-state index contributed by atoms with van der Waals surface area (Å²) in [4.78, 5) is 4.35. The monoisotopic (exact) mass is 347 g/mol. The first kappa shape index (κ1) is 16.0. The lowest BCUT2D eigenvalue weighted by atomic mass is 10.1. The van der Waals surface area contributed by atoms with E-state index in [0.29, 0.717) is 22.9 Å². The van der Waals surface area contributed by atoms with E-state index in [9.17, 15) is 8.42 Å². The van der Waals surface area contributed by atoms with Crippen LogP contribution in [0.15, 0.2) is 58.5 Å². The zero-order chi connectivity index (χ0) is 16.1. The van der Waals surface area contributed by atoms with E-state index in [4.69, 9.17) is 4.42 Å². The number of sulfone groups is 1. The summed E-state index contributed by atoms with van der Waals surface area (Å²) in [6.07, 6.45) is 2.98. The molecule has 0 fully saturated rings. The summed E-state index contributed by atoms with van der Waals surface area (Å²) in [6, 6.07) is 13.5. The number of hydrogen-bond acceptors (Lipinski definition) is 5. The topological polar surface area (TPSA) is 60.2 Å². The Bertz CT molecular complexity index is 837. The molecule has 0 saturated carbocycles. The van der Waals surface area contributed by atoms with E-state index < -0.39 is 9.84 Å². The van der Waals surface area contributed by atoms with Gasteiger partial charge in [0.15, 0.2) is 20.6 Å². The van der Waals surface area contributed by atoms with Crippen molar-refractivity contribution >= 4 is 21.2 Å². The fourth-order valence-corrected chi connectivity index (χ4v) is 4.54. The van der Waals surface area contributed by atoms with E-state index in [2.05, 4.69) is 4.98 Å². The summed E-state index contributed by atoms with van der Waals surface area (Å²) in [5.41, 5.74) is 1.75. The van der Waals surface area contributed by atoms with Gasteiger partial charge in [0.05, 0.1) is 23.5 Å².